The predicted octanol–water partition coefficient (Wildman–Crippen LogP) is 2.04. The second kappa shape index (κ2) is 6.10. The van der Waals surface area contributed by atoms with E-state index in [9.17, 15) is 5.26 Å². The third kappa shape index (κ3) is 2.83. The number of nitrogens with one attached hydrogen (secondary N) is 1. The first-order chi connectivity index (χ1) is 8.85. The summed E-state index contributed by atoms with van der Waals surface area (Å²) in [6.45, 7) is 1.24. The summed E-state index contributed by atoms with van der Waals surface area (Å²) in [5, 5.41) is 13.4. The van der Waals surface area contributed by atoms with Gasteiger partial charge in [0.2, 0.25) is 0 Å². The number of benzene rings is 1. The van der Waals surface area contributed by atoms with Crippen LogP contribution in [0.5, 0.6) is 0 Å². The van der Waals surface area contributed by atoms with Gasteiger partial charge in [-0.2, -0.15) is 5.26 Å². The number of methoxy groups -OCH3 is 1. The molecule has 1 aromatic carbocycles. The first-order valence-corrected chi connectivity index (χ1v) is 5.82. The molecule has 1 atom stereocenters. The SMILES string of the molecule is COCCNC(C#N)c1ccc2ncccc2c1. The van der Waals surface area contributed by atoms with E-state index in [2.05, 4.69) is 16.4 Å². The van der Waals surface area contributed by atoms with E-state index >= 15 is 0 Å². The molecule has 4 heteroatoms. The van der Waals surface area contributed by atoms with Crippen molar-refractivity contribution in [3.63, 3.8) is 0 Å². The molecule has 0 amide bonds. The van der Waals surface area contributed by atoms with E-state index in [1.54, 1.807) is 13.3 Å². The quantitative estimate of drug-likeness (QED) is 0.814. The maximum Gasteiger partial charge on any atom is 0.121 e. The van der Waals surface area contributed by atoms with Crippen LogP contribution in [0.4, 0.5) is 0 Å². The Hall–Kier alpha value is -1.96. The third-order valence-electron chi connectivity index (χ3n) is 2.74. The van der Waals surface area contributed by atoms with E-state index in [1.807, 2.05) is 30.3 Å². The molecular weight excluding hydrogens is 226 g/mol. The Bertz CT molecular complexity index is 562. The van der Waals surface area contributed by atoms with E-state index < -0.39 is 0 Å². The van der Waals surface area contributed by atoms with Crippen molar-refractivity contribution in [1.29, 1.82) is 5.26 Å². The zero-order valence-corrected chi connectivity index (χ0v) is 10.3. The fraction of sp³-hybridized carbons (Fsp3) is 0.286. The summed E-state index contributed by atoms with van der Waals surface area (Å²) >= 11 is 0. The van der Waals surface area contributed by atoms with Gasteiger partial charge in [0.1, 0.15) is 6.04 Å². The van der Waals surface area contributed by atoms with Crippen LogP contribution in [0.25, 0.3) is 10.9 Å². The Balaban J connectivity index is 2.20. The van der Waals surface area contributed by atoms with Gasteiger partial charge in [-0.15, -0.1) is 0 Å². The average molecular weight is 241 g/mol. The molecule has 18 heavy (non-hydrogen) atoms. The van der Waals surface area contributed by atoms with Gasteiger partial charge in [-0.3, -0.25) is 10.3 Å². The van der Waals surface area contributed by atoms with Crippen LogP contribution in [0.3, 0.4) is 0 Å². The Morgan fingerprint density at radius 3 is 3.11 bits per heavy atom. The summed E-state index contributed by atoms with van der Waals surface area (Å²) < 4.78 is 4.96. The first-order valence-electron chi connectivity index (χ1n) is 5.82. The molecule has 2 rings (SSSR count). The lowest BCUT2D eigenvalue weighted by molar-refractivity contribution is 0.198. The van der Waals surface area contributed by atoms with Crippen LogP contribution in [0.1, 0.15) is 11.6 Å². The molecule has 0 aliphatic heterocycles. The molecule has 1 aromatic heterocycles. The molecule has 0 spiro atoms. The number of ether oxygens (including phenoxy) is 1. The highest BCUT2D eigenvalue weighted by Gasteiger charge is 2.09. The number of fused-ring (bicyclic) bond motifs is 1. The Kier molecular flexibility index (Phi) is 4.24. The second-order valence-corrected chi connectivity index (χ2v) is 3.96. The van der Waals surface area contributed by atoms with E-state index in [4.69, 9.17) is 4.74 Å². The minimum Gasteiger partial charge on any atom is -0.383 e. The van der Waals surface area contributed by atoms with Crippen LogP contribution in [0.2, 0.25) is 0 Å². The van der Waals surface area contributed by atoms with Crippen molar-refractivity contribution in [3.05, 3.63) is 42.1 Å². The number of pyridine rings is 1. The Morgan fingerprint density at radius 2 is 2.33 bits per heavy atom. The smallest absolute Gasteiger partial charge is 0.121 e. The number of hydrogen-bond donors (Lipinski definition) is 1. The van der Waals surface area contributed by atoms with Gasteiger partial charge in [0, 0.05) is 25.2 Å². The molecule has 2 aromatic rings. The molecule has 0 saturated heterocycles. The van der Waals surface area contributed by atoms with Crippen molar-refractivity contribution in [2.24, 2.45) is 0 Å². The predicted molar refractivity (Wildman–Crippen MR) is 70.0 cm³/mol. The largest absolute Gasteiger partial charge is 0.383 e. The van der Waals surface area contributed by atoms with E-state index in [0.717, 1.165) is 16.5 Å². The van der Waals surface area contributed by atoms with Crippen molar-refractivity contribution < 1.29 is 4.74 Å². The summed E-state index contributed by atoms with van der Waals surface area (Å²) in [5.41, 5.74) is 1.89. The second-order valence-electron chi connectivity index (χ2n) is 3.96. The molecule has 1 heterocycles. The standard InChI is InChI=1S/C14H15N3O/c1-18-8-7-17-14(10-15)12-4-5-13-11(9-12)3-2-6-16-13/h2-6,9,14,17H,7-8H2,1H3. The highest BCUT2D eigenvalue weighted by Crippen LogP contribution is 2.18. The van der Waals surface area contributed by atoms with Crippen LogP contribution < -0.4 is 5.32 Å². The molecule has 92 valence electrons. The van der Waals surface area contributed by atoms with Gasteiger partial charge in [-0.05, 0) is 23.8 Å². The van der Waals surface area contributed by atoms with Crippen LogP contribution in [-0.2, 0) is 4.74 Å². The fourth-order valence-corrected chi connectivity index (χ4v) is 1.82. The maximum absolute atomic E-state index is 9.18. The molecule has 4 nitrogen and oxygen atoms in total. The minimum absolute atomic E-state index is 0.315. The molecule has 1 unspecified atom stereocenters. The van der Waals surface area contributed by atoms with Crippen LogP contribution in [0, 0.1) is 11.3 Å². The lowest BCUT2D eigenvalue weighted by Crippen LogP contribution is -2.23. The molecular formula is C14H15N3O. The van der Waals surface area contributed by atoms with Gasteiger partial charge in [-0.1, -0.05) is 12.1 Å². The zero-order chi connectivity index (χ0) is 12.8. The van der Waals surface area contributed by atoms with Gasteiger partial charge in [-0.25, -0.2) is 0 Å². The molecule has 0 fully saturated rings. The van der Waals surface area contributed by atoms with E-state index in [-0.39, 0.29) is 6.04 Å². The van der Waals surface area contributed by atoms with Gasteiger partial charge in [0.25, 0.3) is 0 Å². The van der Waals surface area contributed by atoms with Crippen molar-refractivity contribution in [3.8, 4) is 6.07 Å². The summed E-state index contributed by atoms with van der Waals surface area (Å²) in [6, 6.07) is 11.7. The summed E-state index contributed by atoms with van der Waals surface area (Å²) in [7, 11) is 1.64. The van der Waals surface area contributed by atoms with Crippen molar-refractivity contribution >= 4 is 10.9 Å². The van der Waals surface area contributed by atoms with E-state index in [1.165, 1.54) is 0 Å². The number of hydrogen-bond acceptors (Lipinski definition) is 4. The van der Waals surface area contributed by atoms with Gasteiger partial charge in [0.05, 0.1) is 18.2 Å². The zero-order valence-electron chi connectivity index (χ0n) is 10.3. The monoisotopic (exact) mass is 241 g/mol. The van der Waals surface area contributed by atoms with Gasteiger partial charge in [0.15, 0.2) is 0 Å². The topological polar surface area (TPSA) is 57.9 Å². The van der Waals surface area contributed by atoms with Crippen LogP contribution >= 0.6 is 0 Å². The van der Waals surface area contributed by atoms with E-state index in [0.29, 0.717) is 13.2 Å². The molecule has 0 bridgehead atoms. The number of nitriles is 1. The molecule has 0 aliphatic carbocycles. The Morgan fingerprint density at radius 1 is 1.44 bits per heavy atom. The molecule has 0 radical (unpaired) electrons. The summed E-state index contributed by atoms with van der Waals surface area (Å²) in [5.74, 6) is 0. The third-order valence-corrected chi connectivity index (χ3v) is 2.74. The van der Waals surface area contributed by atoms with Crippen molar-refractivity contribution in [2.75, 3.05) is 20.3 Å². The van der Waals surface area contributed by atoms with Gasteiger partial charge >= 0.3 is 0 Å². The molecule has 0 saturated carbocycles. The highest BCUT2D eigenvalue weighted by molar-refractivity contribution is 5.79. The molecule has 0 aliphatic rings. The Labute approximate surface area is 106 Å². The maximum atomic E-state index is 9.18. The van der Waals surface area contributed by atoms with Crippen LogP contribution in [0.15, 0.2) is 36.5 Å². The lowest BCUT2D eigenvalue weighted by atomic mass is 10.1. The van der Waals surface area contributed by atoms with Crippen LogP contribution in [-0.4, -0.2) is 25.2 Å². The number of rotatable bonds is 5. The van der Waals surface area contributed by atoms with Crippen molar-refractivity contribution in [1.82, 2.24) is 10.3 Å². The fourth-order valence-electron chi connectivity index (χ4n) is 1.82. The molecule has 1 N–H and O–H groups in total. The highest BCUT2D eigenvalue weighted by atomic mass is 16.5. The summed E-state index contributed by atoms with van der Waals surface area (Å²) in [6.07, 6.45) is 1.76. The minimum atomic E-state index is -0.315. The normalized spacial score (nSPS) is 12.2. The summed E-state index contributed by atoms with van der Waals surface area (Å²) in [4.78, 5) is 4.26. The number of nitrogens with zero attached hydrogens (tertiary/aromatic N) is 2. The number of aromatic nitrogens is 1. The van der Waals surface area contributed by atoms with Crippen molar-refractivity contribution in [2.45, 2.75) is 6.04 Å². The lowest BCUT2D eigenvalue weighted by Gasteiger charge is -2.12. The first kappa shape index (κ1) is 12.5. The van der Waals surface area contributed by atoms with Gasteiger partial charge < -0.3 is 4.74 Å². The average Bonchev–Trinajstić information content (AvgIpc) is 2.43.